The third-order valence-electron chi connectivity index (χ3n) is 5.04. The van der Waals surface area contributed by atoms with E-state index in [1.54, 1.807) is 18.3 Å². The van der Waals surface area contributed by atoms with Crippen molar-refractivity contribution in [3.8, 4) is 0 Å². The van der Waals surface area contributed by atoms with Crippen LogP contribution in [0.2, 0.25) is 5.02 Å². The summed E-state index contributed by atoms with van der Waals surface area (Å²) in [5.41, 5.74) is 3.15. The Kier molecular flexibility index (Phi) is 4.94. The Morgan fingerprint density at radius 3 is 2.93 bits per heavy atom. The smallest absolute Gasteiger partial charge is 0.247 e. The maximum absolute atomic E-state index is 12.5. The highest BCUT2D eigenvalue weighted by Gasteiger charge is 2.22. The number of amides is 1. The number of halogens is 1. The number of rotatable bonds is 4. The zero-order valence-electron chi connectivity index (χ0n) is 14.8. The van der Waals surface area contributed by atoms with Gasteiger partial charge in [0.05, 0.1) is 17.8 Å². The summed E-state index contributed by atoms with van der Waals surface area (Å²) in [6.07, 6.45) is 4.90. The Labute approximate surface area is 162 Å². The summed E-state index contributed by atoms with van der Waals surface area (Å²) in [7, 11) is 0. The first-order valence-electron chi connectivity index (χ1n) is 9.15. The zero-order chi connectivity index (χ0) is 18.8. The fraction of sp³-hybridized carbons (Fsp3) is 0.286. The van der Waals surface area contributed by atoms with Gasteiger partial charge in [0, 0.05) is 23.3 Å². The molecule has 1 amide bonds. The lowest BCUT2D eigenvalue weighted by Gasteiger charge is -2.26. The minimum Gasteiger partial charge on any atom is -0.349 e. The maximum atomic E-state index is 12.5. The van der Waals surface area contributed by atoms with Gasteiger partial charge in [0.1, 0.15) is 0 Å². The molecule has 2 aromatic carbocycles. The molecule has 0 bridgehead atoms. The molecule has 138 valence electrons. The van der Waals surface area contributed by atoms with Crippen LogP contribution < -0.4 is 5.32 Å². The molecule has 0 saturated heterocycles. The van der Waals surface area contributed by atoms with Gasteiger partial charge >= 0.3 is 0 Å². The lowest BCUT2D eigenvalue weighted by Crippen LogP contribution is -2.31. The van der Waals surface area contributed by atoms with Gasteiger partial charge in [0.2, 0.25) is 11.8 Å². The summed E-state index contributed by atoms with van der Waals surface area (Å²) in [6.45, 7) is 0. The molecule has 0 saturated carbocycles. The molecule has 3 aromatic rings. The number of nitrogens with zero attached hydrogens (tertiary/aromatic N) is 2. The fourth-order valence-electron chi connectivity index (χ4n) is 3.69. The molecule has 27 heavy (non-hydrogen) atoms. The third kappa shape index (κ3) is 3.74. The van der Waals surface area contributed by atoms with Crippen LogP contribution in [-0.2, 0) is 11.2 Å². The van der Waals surface area contributed by atoms with Crippen LogP contribution in [0.3, 0.4) is 0 Å². The van der Waals surface area contributed by atoms with E-state index < -0.39 is 0 Å². The van der Waals surface area contributed by atoms with E-state index in [9.17, 15) is 9.59 Å². The van der Waals surface area contributed by atoms with Crippen molar-refractivity contribution in [3.63, 3.8) is 0 Å². The van der Waals surface area contributed by atoms with Crippen molar-refractivity contribution in [1.29, 1.82) is 0 Å². The van der Waals surface area contributed by atoms with Crippen LogP contribution in [0.5, 0.6) is 0 Å². The van der Waals surface area contributed by atoms with E-state index in [0.29, 0.717) is 10.5 Å². The molecule has 1 atom stereocenters. The van der Waals surface area contributed by atoms with Gasteiger partial charge in [-0.25, -0.2) is 4.68 Å². The molecular weight excluding hydrogens is 362 g/mol. The minimum atomic E-state index is -0.216. The van der Waals surface area contributed by atoms with E-state index in [2.05, 4.69) is 22.5 Å². The first-order valence-corrected chi connectivity index (χ1v) is 9.53. The van der Waals surface area contributed by atoms with Gasteiger partial charge in [0.25, 0.3) is 0 Å². The van der Waals surface area contributed by atoms with Gasteiger partial charge in [-0.15, -0.1) is 0 Å². The number of benzene rings is 2. The Morgan fingerprint density at radius 2 is 2.04 bits per heavy atom. The van der Waals surface area contributed by atoms with Gasteiger partial charge in [-0.3, -0.25) is 9.59 Å². The summed E-state index contributed by atoms with van der Waals surface area (Å²) >= 11 is 6.01. The molecule has 0 aliphatic heterocycles. The number of carbonyl (C=O) groups is 2. The summed E-state index contributed by atoms with van der Waals surface area (Å²) in [5, 5.41) is 8.61. The second-order valence-electron chi connectivity index (χ2n) is 6.86. The van der Waals surface area contributed by atoms with Crippen LogP contribution in [0.25, 0.3) is 10.9 Å². The normalized spacial score (nSPS) is 16.1. The monoisotopic (exact) mass is 381 g/mol. The molecule has 0 radical (unpaired) electrons. The van der Waals surface area contributed by atoms with Gasteiger partial charge in [0.15, 0.2) is 0 Å². The first kappa shape index (κ1) is 17.7. The predicted molar refractivity (Wildman–Crippen MR) is 105 cm³/mol. The summed E-state index contributed by atoms with van der Waals surface area (Å²) in [5.74, 6) is -0.328. The largest absolute Gasteiger partial charge is 0.349 e. The summed E-state index contributed by atoms with van der Waals surface area (Å²) in [6, 6.07) is 13.5. The summed E-state index contributed by atoms with van der Waals surface area (Å²) < 4.78 is 1.32. The lowest BCUT2D eigenvalue weighted by molar-refractivity contribution is -0.121. The van der Waals surface area contributed by atoms with Gasteiger partial charge in [-0.1, -0.05) is 35.9 Å². The molecule has 1 aromatic heterocycles. The van der Waals surface area contributed by atoms with E-state index in [1.807, 2.05) is 18.2 Å². The Morgan fingerprint density at radius 1 is 1.19 bits per heavy atom. The summed E-state index contributed by atoms with van der Waals surface area (Å²) in [4.78, 5) is 24.9. The molecule has 1 aliphatic carbocycles. The molecule has 6 heteroatoms. The maximum Gasteiger partial charge on any atom is 0.247 e. The van der Waals surface area contributed by atoms with Crippen LogP contribution in [0.4, 0.5) is 0 Å². The number of aryl methyl sites for hydroxylation is 1. The fourth-order valence-corrected chi connectivity index (χ4v) is 3.85. The second kappa shape index (κ2) is 7.53. The molecule has 5 nitrogen and oxygen atoms in total. The molecule has 0 fully saturated rings. The number of carbonyl (C=O) groups excluding carboxylic acids is 2. The number of hydrogen-bond donors (Lipinski definition) is 1. The molecule has 1 N–H and O–H groups in total. The van der Waals surface area contributed by atoms with E-state index in [-0.39, 0.29) is 30.7 Å². The van der Waals surface area contributed by atoms with Crippen molar-refractivity contribution in [3.05, 3.63) is 64.8 Å². The van der Waals surface area contributed by atoms with E-state index in [4.69, 9.17) is 11.6 Å². The topological polar surface area (TPSA) is 64.0 Å². The van der Waals surface area contributed by atoms with Crippen LogP contribution in [0.1, 0.15) is 47.6 Å². The van der Waals surface area contributed by atoms with Crippen molar-refractivity contribution in [1.82, 2.24) is 15.1 Å². The van der Waals surface area contributed by atoms with Crippen LogP contribution >= 0.6 is 11.6 Å². The Bertz CT molecular complexity index is 1010. The van der Waals surface area contributed by atoms with Crippen LogP contribution in [0, 0.1) is 0 Å². The van der Waals surface area contributed by atoms with Gasteiger partial charge in [-0.05, 0) is 48.6 Å². The molecule has 1 heterocycles. The van der Waals surface area contributed by atoms with E-state index >= 15 is 0 Å². The SMILES string of the molecule is O=C(CCC(=O)n1ncc2ccc(Cl)cc21)NC1CCCc2ccccc21. The van der Waals surface area contributed by atoms with E-state index in [0.717, 1.165) is 24.6 Å². The number of aromatic nitrogens is 2. The van der Waals surface area contributed by atoms with Crippen LogP contribution in [0.15, 0.2) is 48.7 Å². The van der Waals surface area contributed by atoms with Crippen molar-refractivity contribution < 1.29 is 9.59 Å². The molecule has 1 aliphatic rings. The standard InChI is InChI=1S/C21H20ClN3O2/c22-16-9-8-15-13-23-25(19(15)12-16)21(27)11-10-20(26)24-18-7-3-5-14-4-1-2-6-17(14)18/h1-2,4,6,8-9,12-13,18H,3,5,7,10-11H2,(H,24,26). The van der Waals surface area contributed by atoms with Gasteiger partial charge < -0.3 is 5.32 Å². The molecule has 4 rings (SSSR count). The highest BCUT2D eigenvalue weighted by molar-refractivity contribution is 6.31. The van der Waals surface area contributed by atoms with Crippen molar-refractivity contribution in [2.24, 2.45) is 0 Å². The number of fused-ring (bicyclic) bond motifs is 2. The van der Waals surface area contributed by atoms with Crippen molar-refractivity contribution >= 4 is 34.3 Å². The Hall–Kier alpha value is -2.66. The third-order valence-corrected chi connectivity index (χ3v) is 5.27. The van der Waals surface area contributed by atoms with E-state index in [1.165, 1.54) is 15.8 Å². The molecular formula is C21H20ClN3O2. The predicted octanol–water partition coefficient (Wildman–Crippen LogP) is 4.30. The first-order chi connectivity index (χ1) is 13.1. The molecule has 0 spiro atoms. The zero-order valence-corrected chi connectivity index (χ0v) is 15.6. The quantitative estimate of drug-likeness (QED) is 0.732. The highest BCUT2D eigenvalue weighted by Crippen LogP contribution is 2.29. The lowest BCUT2D eigenvalue weighted by atomic mass is 9.87. The molecule has 1 unspecified atom stereocenters. The average Bonchev–Trinajstić information content (AvgIpc) is 3.09. The second-order valence-corrected chi connectivity index (χ2v) is 7.30. The van der Waals surface area contributed by atoms with Gasteiger partial charge in [-0.2, -0.15) is 5.10 Å². The van der Waals surface area contributed by atoms with Crippen molar-refractivity contribution in [2.75, 3.05) is 0 Å². The highest BCUT2D eigenvalue weighted by atomic mass is 35.5. The Balaban J connectivity index is 1.39. The average molecular weight is 382 g/mol. The number of hydrogen-bond acceptors (Lipinski definition) is 3. The van der Waals surface area contributed by atoms with Crippen LogP contribution in [-0.4, -0.2) is 21.6 Å². The minimum absolute atomic E-state index is 0.0295. The van der Waals surface area contributed by atoms with Crippen molar-refractivity contribution in [2.45, 2.75) is 38.1 Å². The number of nitrogens with one attached hydrogen (secondary N) is 1.